The minimum absolute atomic E-state index is 0.624. The van der Waals surface area contributed by atoms with Crippen LogP contribution in [0.15, 0.2) is 42.5 Å². The molecule has 3 aromatic rings. The number of hydrogen-bond donors (Lipinski definition) is 1. The standard InChI is InChI=1S/C18H18N2S/c19-11-16-18(13-8-9-13)20-17(21-16)10-14-6-3-5-12-4-1-2-7-15(12)14/h1-7,13H,8-11,19H2. The van der Waals surface area contributed by atoms with Crippen molar-refractivity contribution in [3.63, 3.8) is 0 Å². The summed E-state index contributed by atoms with van der Waals surface area (Å²) in [7, 11) is 0. The van der Waals surface area contributed by atoms with Crippen molar-refractivity contribution in [2.75, 3.05) is 0 Å². The van der Waals surface area contributed by atoms with Crippen LogP contribution in [0, 0.1) is 0 Å². The Morgan fingerprint density at radius 3 is 2.71 bits per heavy atom. The molecule has 0 spiro atoms. The van der Waals surface area contributed by atoms with Gasteiger partial charge < -0.3 is 5.73 Å². The van der Waals surface area contributed by atoms with Gasteiger partial charge in [-0.1, -0.05) is 42.5 Å². The van der Waals surface area contributed by atoms with E-state index >= 15 is 0 Å². The second-order valence-corrected chi connectivity index (χ2v) is 6.88. The molecule has 1 aliphatic rings. The van der Waals surface area contributed by atoms with Crippen LogP contribution in [0.5, 0.6) is 0 Å². The van der Waals surface area contributed by atoms with Crippen LogP contribution in [-0.4, -0.2) is 4.98 Å². The summed E-state index contributed by atoms with van der Waals surface area (Å²) >= 11 is 1.80. The van der Waals surface area contributed by atoms with E-state index in [-0.39, 0.29) is 0 Å². The van der Waals surface area contributed by atoms with Crippen LogP contribution in [0.1, 0.15) is 39.9 Å². The van der Waals surface area contributed by atoms with E-state index in [1.54, 1.807) is 11.3 Å². The van der Waals surface area contributed by atoms with Gasteiger partial charge in [0.15, 0.2) is 0 Å². The van der Waals surface area contributed by atoms with E-state index in [4.69, 9.17) is 10.7 Å². The summed E-state index contributed by atoms with van der Waals surface area (Å²) in [5.41, 5.74) is 8.51. The molecule has 4 rings (SSSR count). The van der Waals surface area contributed by atoms with E-state index in [0.717, 1.165) is 6.42 Å². The monoisotopic (exact) mass is 294 g/mol. The molecule has 1 heterocycles. The van der Waals surface area contributed by atoms with Gasteiger partial charge >= 0.3 is 0 Å². The first-order chi connectivity index (χ1) is 10.3. The molecular formula is C18H18N2S. The number of fused-ring (bicyclic) bond motifs is 1. The molecule has 1 saturated carbocycles. The van der Waals surface area contributed by atoms with Crippen molar-refractivity contribution in [3.05, 3.63) is 63.6 Å². The summed E-state index contributed by atoms with van der Waals surface area (Å²) in [6.07, 6.45) is 3.47. The van der Waals surface area contributed by atoms with E-state index in [1.807, 2.05) is 0 Å². The van der Waals surface area contributed by atoms with Crippen LogP contribution in [0.25, 0.3) is 10.8 Å². The first kappa shape index (κ1) is 13.0. The lowest BCUT2D eigenvalue weighted by Gasteiger charge is -2.04. The first-order valence-electron chi connectivity index (χ1n) is 7.50. The Labute approximate surface area is 128 Å². The van der Waals surface area contributed by atoms with Gasteiger partial charge in [-0.15, -0.1) is 11.3 Å². The van der Waals surface area contributed by atoms with E-state index < -0.39 is 0 Å². The molecule has 0 bridgehead atoms. The fourth-order valence-electron chi connectivity index (χ4n) is 2.92. The molecule has 0 aliphatic heterocycles. The third-order valence-corrected chi connectivity index (χ3v) is 5.24. The normalized spacial score (nSPS) is 14.7. The van der Waals surface area contributed by atoms with Crippen molar-refractivity contribution >= 4 is 22.1 Å². The average molecular weight is 294 g/mol. The number of nitrogens with two attached hydrogens (primary N) is 1. The lowest BCUT2D eigenvalue weighted by atomic mass is 10.0. The van der Waals surface area contributed by atoms with E-state index in [9.17, 15) is 0 Å². The van der Waals surface area contributed by atoms with Gasteiger partial charge in [-0.25, -0.2) is 4.98 Å². The summed E-state index contributed by atoms with van der Waals surface area (Å²) < 4.78 is 0. The minimum atomic E-state index is 0.624. The molecular weight excluding hydrogens is 276 g/mol. The number of hydrogen-bond acceptors (Lipinski definition) is 3. The Morgan fingerprint density at radius 1 is 1.10 bits per heavy atom. The highest BCUT2D eigenvalue weighted by molar-refractivity contribution is 7.11. The quantitative estimate of drug-likeness (QED) is 0.782. The van der Waals surface area contributed by atoms with Gasteiger partial charge in [0.05, 0.1) is 10.7 Å². The topological polar surface area (TPSA) is 38.9 Å². The molecule has 106 valence electrons. The molecule has 0 saturated heterocycles. The summed E-state index contributed by atoms with van der Waals surface area (Å²) in [5, 5.41) is 3.83. The Balaban J connectivity index is 1.71. The number of aromatic nitrogens is 1. The van der Waals surface area contributed by atoms with Gasteiger partial charge in [0.2, 0.25) is 0 Å². The zero-order chi connectivity index (χ0) is 14.2. The van der Waals surface area contributed by atoms with Crippen LogP contribution < -0.4 is 5.73 Å². The van der Waals surface area contributed by atoms with Crippen LogP contribution in [-0.2, 0) is 13.0 Å². The molecule has 3 heteroatoms. The predicted octanol–water partition coefficient (Wildman–Crippen LogP) is 4.22. The maximum absolute atomic E-state index is 5.88. The minimum Gasteiger partial charge on any atom is -0.326 e. The third-order valence-electron chi connectivity index (χ3n) is 4.14. The van der Waals surface area contributed by atoms with Crippen molar-refractivity contribution in [3.8, 4) is 0 Å². The Hall–Kier alpha value is -1.71. The maximum Gasteiger partial charge on any atom is 0.0975 e. The maximum atomic E-state index is 5.88. The summed E-state index contributed by atoms with van der Waals surface area (Å²) in [6.45, 7) is 0.624. The Bertz CT molecular complexity index is 782. The zero-order valence-electron chi connectivity index (χ0n) is 11.9. The largest absolute Gasteiger partial charge is 0.326 e. The fraction of sp³-hybridized carbons (Fsp3) is 0.278. The molecule has 2 aromatic carbocycles. The van der Waals surface area contributed by atoms with Crippen molar-refractivity contribution in [2.24, 2.45) is 5.73 Å². The summed E-state index contributed by atoms with van der Waals surface area (Å²) in [6, 6.07) is 15.1. The number of thiazole rings is 1. The number of nitrogens with zero attached hydrogens (tertiary/aromatic N) is 1. The van der Waals surface area contributed by atoms with Crippen LogP contribution in [0.3, 0.4) is 0 Å². The summed E-state index contributed by atoms with van der Waals surface area (Å²) in [5.74, 6) is 0.682. The molecule has 0 unspecified atom stereocenters. The van der Waals surface area contributed by atoms with Gasteiger partial charge in [-0.3, -0.25) is 0 Å². The highest BCUT2D eigenvalue weighted by atomic mass is 32.1. The molecule has 1 aliphatic carbocycles. The van der Waals surface area contributed by atoms with E-state index in [2.05, 4.69) is 42.5 Å². The van der Waals surface area contributed by atoms with Crippen molar-refractivity contribution in [2.45, 2.75) is 31.7 Å². The number of rotatable bonds is 4. The smallest absolute Gasteiger partial charge is 0.0975 e. The molecule has 1 aromatic heterocycles. The lowest BCUT2D eigenvalue weighted by Crippen LogP contribution is -1.97. The third kappa shape index (κ3) is 2.47. The molecule has 0 radical (unpaired) electrons. The number of benzene rings is 2. The average Bonchev–Trinajstić information content (AvgIpc) is 3.29. The van der Waals surface area contributed by atoms with Gasteiger partial charge in [-0.05, 0) is 29.2 Å². The van der Waals surface area contributed by atoms with Gasteiger partial charge in [0.1, 0.15) is 0 Å². The van der Waals surface area contributed by atoms with Crippen LogP contribution in [0.2, 0.25) is 0 Å². The summed E-state index contributed by atoms with van der Waals surface area (Å²) in [4.78, 5) is 6.17. The molecule has 0 atom stereocenters. The van der Waals surface area contributed by atoms with Crippen molar-refractivity contribution < 1.29 is 0 Å². The lowest BCUT2D eigenvalue weighted by molar-refractivity contribution is 0.960. The predicted molar refractivity (Wildman–Crippen MR) is 88.7 cm³/mol. The first-order valence-corrected chi connectivity index (χ1v) is 8.32. The van der Waals surface area contributed by atoms with Crippen molar-refractivity contribution in [1.29, 1.82) is 0 Å². The molecule has 2 nitrogen and oxygen atoms in total. The fourth-order valence-corrected chi connectivity index (χ4v) is 3.98. The van der Waals surface area contributed by atoms with Crippen LogP contribution in [0.4, 0.5) is 0 Å². The molecule has 0 amide bonds. The molecule has 1 fully saturated rings. The van der Waals surface area contributed by atoms with E-state index in [1.165, 1.54) is 44.8 Å². The Morgan fingerprint density at radius 2 is 1.90 bits per heavy atom. The highest BCUT2D eigenvalue weighted by Crippen LogP contribution is 2.42. The Kier molecular flexibility index (Phi) is 3.24. The second kappa shape index (κ2) is 5.24. The molecule has 2 N–H and O–H groups in total. The zero-order valence-corrected chi connectivity index (χ0v) is 12.7. The van der Waals surface area contributed by atoms with Gasteiger partial charge in [0, 0.05) is 23.8 Å². The van der Waals surface area contributed by atoms with Crippen molar-refractivity contribution in [1.82, 2.24) is 4.98 Å². The van der Waals surface area contributed by atoms with Gasteiger partial charge in [0.25, 0.3) is 0 Å². The SMILES string of the molecule is NCc1sc(Cc2cccc3ccccc23)nc1C1CC1. The van der Waals surface area contributed by atoms with E-state index in [0.29, 0.717) is 12.5 Å². The highest BCUT2D eigenvalue weighted by Gasteiger charge is 2.29. The van der Waals surface area contributed by atoms with Gasteiger partial charge in [-0.2, -0.15) is 0 Å². The van der Waals surface area contributed by atoms with Crippen LogP contribution >= 0.6 is 11.3 Å². The molecule has 21 heavy (non-hydrogen) atoms. The second-order valence-electron chi connectivity index (χ2n) is 5.71.